The van der Waals surface area contributed by atoms with Gasteiger partial charge in [-0.1, -0.05) is 12.1 Å². The Kier molecular flexibility index (Phi) is 5.00. The molecular formula is C21H29N5O2. The minimum atomic E-state index is -0.495. The highest BCUT2D eigenvalue weighted by atomic mass is 16.6. The number of alkyl carbamates (subject to hydrolysis) is 1. The van der Waals surface area contributed by atoms with Gasteiger partial charge in [-0.3, -0.25) is 0 Å². The van der Waals surface area contributed by atoms with Gasteiger partial charge in [-0.25, -0.2) is 14.8 Å². The van der Waals surface area contributed by atoms with E-state index in [1.807, 2.05) is 45.0 Å². The van der Waals surface area contributed by atoms with Gasteiger partial charge >= 0.3 is 6.09 Å². The highest BCUT2D eigenvalue weighted by Gasteiger charge is 2.31. The number of nitrogens with one attached hydrogen (secondary N) is 2. The molecule has 7 nitrogen and oxygen atoms in total. The average Bonchev–Trinajstić information content (AvgIpc) is 3.32. The molecule has 0 bridgehead atoms. The summed E-state index contributed by atoms with van der Waals surface area (Å²) in [6.07, 6.45) is 4.06. The van der Waals surface area contributed by atoms with Crippen LogP contribution in [0.25, 0.3) is 11.0 Å². The summed E-state index contributed by atoms with van der Waals surface area (Å²) in [7, 11) is 0. The minimum Gasteiger partial charge on any atom is -0.444 e. The molecule has 1 aromatic heterocycles. The Morgan fingerprint density at radius 2 is 1.89 bits per heavy atom. The maximum absolute atomic E-state index is 12.1. The number of anilines is 2. The Bertz CT molecular complexity index is 859. The second kappa shape index (κ2) is 7.45. The lowest BCUT2D eigenvalue weighted by molar-refractivity contribution is 0.0525. The van der Waals surface area contributed by atoms with Crippen LogP contribution in [0.1, 0.15) is 46.5 Å². The topological polar surface area (TPSA) is 79.4 Å². The summed E-state index contributed by atoms with van der Waals surface area (Å²) >= 11 is 0. The van der Waals surface area contributed by atoms with Crippen molar-refractivity contribution in [1.29, 1.82) is 0 Å². The molecule has 1 aliphatic carbocycles. The van der Waals surface area contributed by atoms with Crippen molar-refractivity contribution < 1.29 is 9.53 Å². The number of hydrogen-bond acceptors (Lipinski definition) is 6. The highest BCUT2D eigenvalue weighted by Crippen LogP contribution is 2.34. The second-order valence-corrected chi connectivity index (χ2v) is 8.68. The minimum absolute atomic E-state index is 0.183. The number of para-hydroxylation sites is 2. The molecule has 1 aliphatic heterocycles. The van der Waals surface area contributed by atoms with Gasteiger partial charge in [-0.15, -0.1) is 0 Å². The molecule has 28 heavy (non-hydrogen) atoms. The number of fused-ring (bicyclic) bond motifs is 1. The van der Waals surface area contributed by atoms with Gasteiger partial charge in [0, 0.05) is 25.2 Å². The summed E-state index contributed by atoms with van der Waals surface area (Å²) in [5, 5.41) is 6.46. The largest absolute Gasteiger partial charge is 0.444 e. The number of benzene rings is 1. The fourth-order valence-corrected chi connectivity index (χ4v) is 3.55. The molecule has 1 atom stereocenters. The number of carbonyl (C=O) groups is 1. The molecule has 150 valence electrons. The van der Waals surface area contributed by atoms with Crippen LogP contribution in [0.4, 0.5) is 16.4 Å². The van der Waals surface area contributed by atoms with E-state index >= 15 is 0 Å². The van der Waals surface area contributed by atoms with Crippen LogP contribution in [0, 0.1) is 0 Å². The quantitative estimate of drug-likeness (QED) is 0.820. The van der Waals surface area contributed by atoms with Crippen molar-refractivity contribution >= 4 is 28.8 Å². The monoisotopic (exact) mass is 383 g/mol. The summed E-state index contributed by atoms with van der Waals surface area (Å²) < 4.78 is 5.37. The Morgan fingerprint density at radius 3 is 2.57 bits per heavy atom. The Labute approximate surface area is 165 Å². The zero-order valence-corrected chi connectivity index (χ0v) is 16.9. The normalized spacial score (nSPS) is 19.7. The van der Waals surface area contributed by atoms with Gasteiger partial charge in [0.05, 0.1) is 11.0 Å². The van der Waals surface area contributed by atoms with E-state index in [1.54, 1.807) is 0 Å². The van der Waals surface area contributed by atoms with E-state index in [2.05, 4.69) is 15.5 Å². The maximum Gasteiger partial charge on any atom is 0.407 e. The van der Waals surface area contributed by atoms with Gasteiger partial charge in [-0.2, -0.15) is 0 Å². The molecule has 2 aliphatic rings. The van der Waals surface area contributed by atoms with Gasteiger partial charge in [0.2, 0.25) is 0 Å². The van der Waals surface area contributed by atoms with Crippen LogP contribution in [0.15, 0.2) is 24.3 Å². The molecule has 1 aromatic carbocycles. The number of amides is 1. The number of ether oxygens (including phenoxy) is 1. The Balaban J connectivity index is 1.54. The lowest BCUT2D eigenvalue weighted by atomic mass is 10.2. The molecule has 7 heteroatoms. The van der Waals surface area contributed by atoms with Gasteiger partial charge < -0.3 is 20.3 Å². The van der Waals surface area contributed by atoms with Crippen LogP contribution >= 0.6 is 0 Å². The summed E-state index contributed by atoms with van der Waals surface area (Å²) in [5.74, 6) is 1.74. The zero-order valence-electron chi connectivity index (χ0n) is 16.9. The summed E-state index contributed by atoms with van der Waals surface area (Å²) in [6.45, 7) is 7.05. The first-order valence-electron chi connectivity index (χ1n) is 10.2. The number of aromatic nitrogens is 2. The Hall–Kier alpha value is -2.57. The average molecular weight is 383 g/mol. The molecule has 2 N–H and O–H groups in total. The van der Waals surface area contributed by atoms with E-state index in [-0.39, 0.29) is 12.1 Å². The summed E-state index contributed by atoms with van der Waals surface area (Å²) in [6, 6.07) is 8.64. The predicted molar refractivity (Wildman–Crippen MR) is 111 cm³/mol. The second-order valence-electron chi connectivity index (χ2n) is 8.68. The van der Waals surface area contributed by atoms with Crippen molar-refractivity contribution in [3.63, 3.8) is 0 Å². The van der Waals surface area contributed by atoms with Gasteiger partial charge in [-0.05, 0) is 58.6 Å². The Morgan fingerprint density at radius 1 is 1.18 bits per heavy atom. The van der Waals surface area contributed by atoms with E-state index in [0.717, 1.165) is 42.1 Å². The van der Waals surface area contributed by atoms with Crippen molar-refractivity contribution in [1.82, 2.24) is 15.3 Å². The van der Waals surface area contributed by atoms with E-state index in [0.29, 0.717) is 12.6 Å². The number of hydrogen-bond donors (Lipinski definition) is 2. The van der Waals surface area contributed by atoms with Crippen LogP contribution in [-0.2, 0) is 4.74 Å². The molecule has 1 amide bonds. The highest BCUT2D eigenvalue weighted by molar-refractivity contribution is 5.81. The molecule has 0 spiro atoms. The lowest BCUT2D eigenvalue weighted by Gasteiger charge is -2.28. The number of rotatable bonds is 5. The third-order valence-corrected chi connectivity index (χ3v) is 5.00. The zero-order chi connectivity index (χ0) is 19.7. The van der Waals surface area contributed by atoms with Crippen LogP contribution < -0.4 is 15.5 Å². The first-order chi connectivity index (χ1) is 13.4. The van der Waals surface area contributed by atoms with Crippen molar-refractivity contribution in [3.8, 4) is 0 Å². The molecule has 0 radical (unpaired) electrons. The predicted octanol–water partition coefficient (Wildman–Crippen LogP) is 3.70. The van der Waals surface area contributed by atoms with Gasteiger partial charge in [0.1, 0.15) is 5.60 Å². The molecule has 1 saturated carbocycles. The summed E-state index contributed by atoms with van der Waals surface area (Å²) in [5.41, 5.74) is 1.30. The number of carbonyl (C=O) groups excluding carboxylic acids is 1. The third kappa shape index (κ3) is 4.46. The summed E-state index contributed by atoms with van der Waals surface area (Å²) in [4.78, 5) is 24.1. The molecule has 2 heterocycles. The van der Waals surface area contributed by atoms with Gasteiger partial charge in [0.15, 0.2) is 11.6 Å². The van der Waals surface area contributed by atoms with Gasteiger partial charge in [0.25, 0.3) is 0 Å². The van der Waals surface area contributed by atoms with Crippen LogP contribution in [0.5, 0.6) is 0 Å². The van der Waals surface area contributed by atoms with E-state index in [1.165, 1.54) is 12.8 Å². The van der Waals surface area contributed by atoms with E-state index in [4.69, 9.17) is 14.7 Å². The van der Waals surface area contributed by atoms with Crippen molar-refractivity contribution in [3.05, 3.63) is 24.3 Å². The van der Waals surface area contributed by atoms with Crippen LogP contribution in [-0.4, -0.2) is 46.8 Å². The first kappa shape index (κ1) is 18.8. The SMILES string of the molecule is CC(C)(C)OC(=O)NC[C@H]1CCCN1c1nc2ccccc2nc1NC1CC1. The number of nitrogens with zero attached hydrogens (tertiary/aromatic N) is 3. The van der Waals surface area contributed by atoms with Crippen molar-refractivity contribution in [2.45, 2.75) is 64.1 Å². The first-order valence-corrected chi connectivity index (χ1v) is 10.2. The van der Waals surface area contributed by atoms with Crippen molar-refractivity contribution in [2.75, 3.05) is 23.3 Å². The third-order valence-electron chi connectivity index (χ3n) is 5.00. The van der Waals surface area contributed by atoms with Crippen LogP contribution in [0.2, 0.25) is 0 Å². The molecular weight excluding hydrogens is 354 g/mol. The lowest BCUT2D eigenvalue weighted by Crippen LogP contribution is -2.42. The molecule has 0 unspecified atom stereocenters. The van der Waals surface area contributed by atoms with Crippen molar-refractivity contribution in [2.24, 2.45) is 0 Å². The fourth-order valence-electron chi connectivity index (χ4n) is 3.55. The molecule has 2 aromatic rings. The van der Waals surface area contributed by atoms with Crippen LogP contribution in [0.3, 0.4) is 0 Å². The van der Waals surface area contributed by atoms with E-state index < -0.39 is 5.60 Å². The fraction of sp³-hybridized carbons (Fsp3) is 0.571. The molecule has 2 fully saturated rings. The van der Waals surface area contributed by atoms with E-state index in [9.17, 15) is 4.79 Å². The smallest absolute Gasteiger partial charge is 0.407 e. The molecule has 1 saturated heterocycles. The maximum atomic E-state index is 12.1. The molecule has 4 rings (SSSR count). The standard InChI is InChI=1S/C21H29N5O2/c1-21(2,3)28-20(27)22-13-15-7-6-12-26(15)19-18(23-14-10-11-14)24-16-8-4-5-9-17(16)25-19/h4-5,8-9,14-15H,6-7,10-13H2,1-3H3,(H,22,27)(H,23,24)/t15-/m1/s1.